The van der Waals surface area contributed by atoms with Crippen molar-refractivity contribution in [2.75, 3.05) is 0 Å². The Bertz CT molecular complexity index is 909. The third-order valence-corrected chi connectivity index (χ3v) is 10.0. The van der Waals surface area contributed by atoms with Crippen molar-refractivity contribution in [1.29, 1.82) is 0 Å². The van der Waals surface area contributed by atoms with Gasteiger partial charge in [-0.1, -0.05) is 43.0 Å². The van der Waals surface area contributed by atoms with E-state index < -0.39 is 0 Å². The van der Waals surface area contributed by atoms with E-state index in [1.54, 1.807) is 32.9 Å². The Balaban J connectivity index is 1.53. The van der Waals surface area contributed by atoms with Crippen LogP contribution < -0.4 is 0 Å². The van der Waals surface area contributed by atoms with Gasteiger partial charge in [-0.15, -0.1) is 11.3 Å². The van der Waals surface area contributed by atoms with Crippen LogP contribution in [0.5, 0.6) is 0 Å². The molecule has 124 valence electrons. The van der Waals surface area contributed by atoms with Gasteiger partial charge in [-0.05, 0) is 59.6 Å². The summed E-state index contributed by atoms with van der Waals surface area (Å²) >= 11 is 3.58. The first-order valence-corrected chi connectivity index (χ1v) is 11.6. The second-order valence-corrected chi connectivity index (χ2v) is 11.0. The molecular formula is C18H18N2S4. The molecule has 0 radical (unpaired) electrons. The highest BCUT2D eigenvalue weighted by atomic mass is 33.1. The van der Waals surface area contributed by atoms with Gasteiger partial charge in [-0.2, -0.15) is 0 Å². The van der Waals surface area contributed by atoms with E-state index in [4.69, 9.17) is 9.98 Å². The van der Waals surface area contributed by atoms with Crippen LogP contribution in [0.25, 0.3) is 10.2 Å². The van der Waals surface area contributed by atoms with Crippen molar-refractivity contribution >= 4 is 59.3 Å². The smallest absolute Gasteiger partial charge is 0.162 e. The molecule has 2 aliphatic rings. The van der Waals surface area contributed by atoms with Gasteiger partial charge < -0.3 is 0 Å². The Morgan fingerprint density at radius 2 is 2.04 bits per heavy atom. The molecule has 1 aromatic heterocycles. The Labute approximate surface area is 158 Å². The normalized spacial score (nSPS) is 25.8. The maximum Gasteiger partial charge on any atom is 0.162 e. The first-order chi connectivity index (χ1) is 11.5. The molecule has 0 bridgehead atoms. The number of hydrogen-bond donors (Lipinski definition) is 0. The van der Waals surface area contributed by atoms with Crippen molar-refractivity contribution in [3.8, 4) is 0 Å². The minimum atomic E-state index is -0.0798. The van der Waals surface area contributed by atoms with Crippen molar-refractivity contribution in [1.82, 2.24) is 4.98 Å². The predicted molar refractivity (Wildman–Crippen MR) is 112 cm³/mol. The number of aliphatic imine (C=N–C) groups is 1. The molecule has 0 saturated heterocycles. The van der Waals surface area contributed by atoms with Crippen molar-refractivity contribution in [2.45, 2.75) is 37.6 Å². The summed E-state index contributed by atoms with van der Waals surface area (Å²) in [6, 6.07) is 4.36. The monoisotopic (exact) mass is 390 g/mol. The zero-order valence-corrected chi connectivity index (χ0v) is 17.3. The first-order valence-electron chi connectivity index (χ1n) is 7.85. The summed E-state index contributed by atoms with van der Waals surface area (Å²) in [6.07, 6.45) is 6.60. The fraction of sp³-hybridized carbons (Fsp3) is 0.333. The molecule has 24 heavy (non-hydrogen) atoms. The molecule has 0 fully saturated rings. The SMILES string of the molecule is Cc1ccc2sc(SSC3=NC4(C)C(=CC=CC4C)S3)nc2c1C. The lowest BCUT2D eigenvalue weighted by Gasteiger charge is -2.29. The minimum Gasteiger partial charge on any atom is -0.258 e. The lowest BCUT2D eigenvalue weighted by molar-refractivity contribution is 0.457. The van der Waals surface area contributed by atoms with E-state index in [9.17, 15) is 0 Å². The molecule has 1 aliphatic heterocycles. The van der Waals surface area contributed by atoms with Crippen LogP contribution in [-0.4, -0.2) is 14.9 Å². The van der Waals surface area contributed by atoms with Crippen LogP contribution in [0.3, 0.4) is 0 Å². The summed E-state index contributed by atoms with van der Waals surface area (Å²) in [5.74, 6) is 0.446. The van der Waals surface area contributed by atoms with Gasteiger partial charge in [-0.25, -0.2) is 4.98 Å². The zero-order chi connectivity index (χ0) is 16.9. The van der Waals surface area contributed by atoms with E-state index in [1.807, 2.05) is 11.8 Å². The molecule has 1 aliphatic carbocycles. The van der Waals surface area contributed by atoms with Gasteiger partial charge in [0.25, 0.3) is 0 Å². The Hall–Kier alpha value is -0.690. The molecule has 6 heteroatoms. The van der Waals surface area contributed by atoms with Crippen LogP contribution in [0.4, 0.5) is 0 Å². The average Bonchev–Trinajstić information content (AvgIpc) is 3.12. The highest BCUT2D eigenvalue weighted by Gasteiger charge is 2.41. The van der Waals surface area contributed by atoms with Crippen molar-refractivity contribution < 1.29 is 0 Å². The molecule has 2 aromatic rings. The zero-order valence-electron chi connectivity index (χ0n) is 14.0. The summed E-state index contributed by atoms with van der Waals surface area (Å²) in [4.78, 5) is 11.2. The van der Waals surface area contributed by atoms with Crippen LogP contribution in [0.2, 0.25) is 0 Å². The lowest BCUT2D eigenvalue weighted by atomic mass is 9.84. The van der Waals surface area contributed by atoms with Crippen LogP contribution in [0.1, 0.15) is 25.0 Å². The number of benzene rings is 1. The quantitative estimate of drug-likeness (QED) is 0.539. The summed E-state index contributed by atoms with van der Waals surface area (Å²) < 4.78 is 3.51. The van der Waals surface area contributed by atoms with E-state index >= 15 is 0 Å². The minimum absolute atomic E-state index is 0.0798. The van der Waals surface area contributed by atoms with Gasteiger partial charge in [0.05, 0.1) is 15.8 Å². The average molecular weight is 391 g/mol. The fourth-order valence-electron chi connectivity index (χ4n) is 2.84. The Kier molecular flexibility index (Phi) is 4.35. The van der Waals surface area contributed by atoms with Gasteiger partial charge >= 0.3 is 0 Å². The second kappa shape index (κ2) is 6.24. The molecule has 2 atom stereocenters. The summed E-state index contributed by atoms with van der Waals surface area (Å²) in [5, 5.41) is 0. The molecule has 2 heterocycles. The highest BCUT2D eigenvalue weighted by molar-refractivity contribution is 8.86. The molecule has 4 rings (SSSR count). The maximum absolute atomic E-state index is 5.00. The molecule has 0 spiro atoms. The number of thioether (sulfide) groups is 1. The molecule has 0 saturated carbocycles. The van der Waals surface area contributed by atoms with Crippen molar-refractivity contribution in [2.24, 2.45) is 10.9 Å². The van der Waals surface area contributed by atoms with Crippen LogP contribution in [-0.2, 0) is 0 Å². The first kappa shape index (κ1) is 16.8. The van der Waals surface area contributed by atoms with Crippen molar-refractivity contribution in [3.05, 3.63) is 46.4 Å². The Morgan fingerprint density at radius 1 is 1.21 bits per heavy atom. The highest BCUT2D eigenvalue weighted by Crippen LogP contribution is 2.51. The van der Waals surface area contributed by atoms with E-state index in [0.717, 1.165) is 14.2 Å². The number of nitrogens with zero attached hydrogens (tertiary/aromatic N) is 2. The molecular weight excluding hydrogens is 372 g/mol. The molecule has 0 amide bonds. The van der Waals surface area contributed by atoms with Crippen LogP contribution in [0, 0.1) is 19.8 Å². The largest absolute Gasteiger partial charge is 0.258 e. The number of aryl methyl sites for hydroxylation is 2. The van der Waals surface area contributed by atoms with Gasteiger partial charge in [0.1, 0.15) is 4.38 Å². The molecule has 2 nitrogen and oxygen atoms in total. The summed E-state index contributed by atoms with van der Waals surface area (Å²) in [5.41, 5.74) is 3.66. The number of thiazole rings is 1. The number of aromatic nitrogens is 1. The van der Waals surface area contributed by atoms with E-state index in [1.165, 1.54) is 20.7 Å². The number of allylic oxidation sites excluding steroid dienone is 2. The summed E-state index contributed by atoms with van der Waals surface area (Å²) in [6.45, 7) is 8.78. The van der Waals surface area contributed by atoms with Gasteiger partial charge in [0, 0.05) is 10.8 Å². The fourth-order valence-corrected chi connectivity index (χ4v) is 7.79. The van der Waals surface area contributed by atoms with Gasteiger partial charge in [0.2, 0.25) is 0 Å². The van der Waals surface area contributed by atoms with Gasteiger partial charge in [0.15, 0.2) is 4.34 Å². The Morgan fingerprint density at radius 3 is 2.83 bits per heavy atom. The molecule has 0 N–H and O–H groups in total. The van der Waals surface area contributed by atoms with E-state index in [0.29, 0.717) is 5.92 Å². The third-order valence-electron chi connectivity index (χ3n) is 4.80. The number of rotatable bonds is 2. The standard InChI is InChI=1S/C18H18N2S4/c1-10-8-9-13-15(12(10)3)19-16(21-13)23-24-17-20-18(4)11(2)6-5-7-14(18)22-17/h5-9,11H,1-4H3. The third kappa shape index (κ3) is 2.77. The topological polar surface area (TPSA) is 25.2 Å². The molecule has 1 aromatic carbocycles. The second-order valence-electron chi connectivity index (χ2n) is 6.33. The van der Waals surface area contributed by atoms with Crippen LogP contribution in [0.15, 0.2) is 44.6 Å². The number of hydrogen-bond acceptors (Lipinski definition) is 6. The number of fused-ring (bicyclic) bond motifs is 2. The summed E-state index contributed by atoms with van der Waals surface area (Å²) in [7, 11) is 3.47. The molecule has 2 unspecified atom stereocenters. The van der Waals surface area contributed by atoms with Crippen LogP contribution >= 0.6 is 44.7 Å². The van der Waals surface area contributed by atoms with E-state index in [2.05, 4.69) is 58.1 Å². The van der Waals surface area contributed by atoms with Crippen molar-refractivity contribution in [3.63, 3.8) is 0 Å². The van der Waals surface area contributed by atoms with E-state index in [-0.39, 0.29) is 5.54 Å². The lowest BCUT2D eigenvalue weighted by Crippen LogP contribution is -2.30. The van der Waals surface area contributed by atoms with Gasteiger partial charge in [-0.3, -0.25) is 4.99 Å². The maximum atomic E-state index is 5.00. The predicted octanol–water partition coefficient (Wildman–Crippen LogP) is 6.60.